The Balaban J connectivity index is 1.53. The van der Waals surface area contributed by atoms with Crippen molar-refractivity contribution in [1.29, 1.82) is 0 Å². The van der Waals surface area contributed by atoms with Crippen LogP contribution in [0.2, 0.25) is 0 Å². The molecule has 1 atom stereocenters. The summed E-state index contributed by atoms with van der Waals surface area (Å²) in [6.07, 6.45) is 3.17. The monoisotopic (exact) mass is 337 g/mol. The molecule has 8 heteroatoms. The first kappa shape index (κ1) is 13.4. The number of aromatic nitrogens is 5. The number of fused-ring (bicyclic) bond motifs is 2. The second-order valence-corrected chi connectivity index (χ2v) is 6.22. The molecule has 0 aliphatic carbocycles. The highest BCUT2D eigenvalue weighted by Crippen LogP contribution is 2.36. The van der Waals surface area contributed by atoms with Gasteiger partial charge in [-0.15, -0.1) is 10.2 Å². The molecule has 0 bridgehead atoms. The van der Waals surface area contributed by atoms with Crippen LogP contribution in [-0.2, 0) is 0 Å². The van der Waals surface area contributed by atoms with Gasteiger partial charge in [0.2, 0.25) is 4.96 Å². The number of rotatable bonds is 2. The van der Waals surface area contributed by atoms with E-state index in [-0.39, 0.29) is 6.10 Å². The quantitative estimate of drug-likeness (QED) is 0.560. The van der Waals surface area contributed by atoms with Gasteiger partial charge >= 0.3 is 0 Å². The van der Waals surface area contributed by atoms with E-state index in [0.717, 1.165) is 16.3 Å². The van der Waals surface area contributed by atoms with E-state index >= 15 is 0 Å². The summed E-state index contributed by atoms with van der Waals surface area (Å²) < 4.78 is 13.5. The fourth-order valence-electron chi connectivity index (χ4n) is 2.59. The molecule has 0 saturated carbocycles. The zero-order valence-corrected chi connectivity index (χ0v) is 13.2. The first-order valence-corrected chi connectivity index (χ1v) is 8.21. The van der Waals surface area contributed by atoms with E-state index in [4.69, 9.17) is 9.47 Å². The number of pyridine rings is 1. The van der Waals surface area contributed by atoms with E-state index < -0.39 is 0 Å². The largest absolute Gasteiger partial charge is 0.485 e. The third-order valence-corrected chi connectivity index (χ3v) is 4.67. The lowest BCUT2D eigenvalue weighted by atomic mass is 10.2. The summed E-state index contributed by atoms with van der Waals surface area (Å²) in [4.78, 5) is 4.84. The van der Waals surface area contributed by atoms with Crippen molar-refractivity contribution in [3.8, 4) is 22.1 Å². The van der Waals surface area contributed by atoms with Gasteiger partial charge in [-0.25, -0.2) is 0 Å². The molecule has 1 aliphatic heterocycles. The van der Waals surface area contributed by atoms with Crippen LogP contribution in [0.15, 0.2) is 48.8 Å². The summed E-state index contributed by atoms with van der Waals surface area (Å²) in [5, 5.41) is 13.9. The predicted molar refractivity (Wildman–Crippen MR) is 87.2 cm³/mol. The number of hydrogen-bond donors (Lipinski definition) is 0. The molecule has 0 unspecified atom stereocenters. The van der Waals surface area contributed by atoms with Crippen LogP contribution in [-0.4, -0.2) is 31.4 Å². The van der Waals surface area contributed by atoms with Crippen molar-refractivity contribution in [2.45, 2.75) is 6.10 Å². The lowest BCUT2D eigenvalue weighted by Gasteiger charge is -2.24. The predicted octanol–water partition coefficient (Wildman–Crippen LogP) is 2.76. The molecular formula is C16H11N5O2S. The number of benzene rings is 1. The molecule has 3 aromatic heterocycles. The molecule has 24 heavy (non-hydrogen) atoms. The van der Waals surface area contributed by atoms with Gasteiger partial charge in [0.25, 0.3) is 0 Å². The lowest BCUT2D eigenvalue weighted by Crippen LogP contribution is -2.23. The summed E-state index contributed by atoms with van der Waals surface area (Å²) in [6, 6.07) is 11.4. The van der Waals surface area contributed by atoms with Crippen LogP contribution in [0.3, 0.4) is 0 Å². The summed E-state index contributed by atoms with van der Waals surface area (Å²) >= 11 is 1.46. The zero-order chi connectivity index (χ0) is 15.9. The summed E-state index contributed by atoms with van der Waals surface area (Å²) in [5.41, 5.74) is 0.949. The standard InChI is InChI=1S/C16H11N5O2S/c1-2-6-12-11(5-1)22-9-13(23-12)14-18-19-16-21(14)20-15(24-16)10-4-3-7-17-8-10/h1-8,13H,9H2/t13-/m0/s1. The fourth-order valence-corrected chi connectivity index (χ4v) is 3.42. The summed E-state index contributed by atoms with van der Waals surface area (Å²) in [7, 11) is 0. The maximum absolute atomic E-state index is 6.00. The smallest absolute Gasteiger partial charge is 0.235 e. The van der Waals surface area contributed by atoms with Crippen LogP contribution in [0.25, 0.3) is 15.5 Å². The average molecular weight is 337 g/mol. The van der Waals surface area contributed by atoms with Crippen molar-refractivity contribution in [2.75, 3.05) is 6.61 Å². The normalized spacial score (nSPS) is 16.4. The van der Waals surface area contributed by atoms with Gasteiger partial charge in [0.15, 0.2) is 23.4 Å². The molecule has 7 nitrogen and oxygen atoms in total. The molecular weight excluding hydrogens is 326 g/mol. The highest BCUT2D eigenvalue weighted by molar-refractivity contribution is 7.19. The number of ether oxygens (including phenoxy) is 2. The van der Waals surface area contributed by atoms with Gasteiger partial charge in [-0.2, -0.15) is 9.61 Å². The Kier molecular flexibility index (Phi) is 2.95. The number of para-hydroxylation sites is 2. The third kappa shape index (κ3) is 2.11. The van der Waals surface area contributed by atoms with Gasteiger partial charge < -0.3 is 9.47 Å². The fraction of sp³-hybridized carbons (Fsp3) is 0.125. The van der Waals surface area contributed by atoms with Gasteiger partial charge in [0.05, 0.1) is 0 Å². The molecule has 4 heterocycles. The Labute approximate surface area is 140 Å². The van der Waals surface area contributed by atoms with Gasteiger partial charge in [0, 0.05) is 18.0 Å². The summed E-state index contributed by atoms with van der Waals surface area (Å²) in [5.74, 6) is 2.07. The van der Waals surface area contributed by atoms with Crippen molar-refractivity contribution in [3.05, 3.63) is 54.6 Å². The molecule has 0 saturated heterocycles. The van der Waals surface area contributed by atoms with Crippen LogP contribution in [0.5, 0.6) is 11.5 Å². The highest BCUT2D eigenvalue weighted by atomic mass is 32.1. The minimum atomic E-state index is -0.348. The molecule has 0 N–H and O–H groups in total. The Hall–Kier alpha value is -3.00. The lowest BCUT2D eigenvalue weighted by molar-refractivity contribution is 0.0836. The van der Waals surface area contributed by atoms with E-state index in [1.807, 2.05) is 36.4 Å². The van der Waals surface area contributed by atoms with Crippen molar-refractivity contribution in [1.82, 2.24) is 24.8 Å². The molecule has 4 aromatic rings. The van der Waals surface area contributed by atoms with E-state index in [2.05, 4.69) is 20.3 Å². The second kappa shape index (κ2) is 5.27. The average Bonchev–Trinajstić information content (AvgIpc) is 3.23. The first-order chi connectivity index (χ1) is 11.9. The Morgan fingerprint density at radius 1 is 1.08 bits per heavy atom. The minimum absolute atomic E-state index is 0.348. The SMILES string of the molecule is c1cncc(-c2nn3c([C@@H]4COc5ccccc5O4)nnc3s2)c1. The molecule has 1 aliphatic rings. The first-order valence-electron chi connectivity index (χ1n) is 7.39. The van der Waals surface area contributed by atoms with E-state index in [1.165, 1.54) is 11.3 Å². The molecule has 0 amide bonds. The number of nitrogens with zero attached hydrogens (tertiary/aromatic N) is 5. The Bertz CT molecular complexity index is 1010. The second-order valence-electron chi connectivity index (χ2n) is 5.27. The van der Waals surface area contributed by atoms with Gasteiger partial charge in [-0.1, -0.05) is 23.5 Å². The van der Waals surface area contributed by atoms with Crippen LogP contribution in [0.4, 0.5) is 0 Å². The number of hydrogen-bond acceptors (Lipinski definition) is 7. The highest BCUT2D eigenvalue weighted by Gasteiger charge is 2.28. The Morgan fingerprint density at radius 2 is 2.00 bits per heavy atom. The van der Waals surface area contributed by atoms with Gasteiger partial charge in [0.1, 0.15) is 11.6 Å². The molecule has 0 radical (unpaired) electrons. The maximum atomic E-state index is 6.00. The van der Waals surface area contributed by atoms with Crippen molar-refractivity contribution < 1.29 is 9.47 Å². The van der Waals surface area contributed by atoms with Crippen LogP contribution < -0.4 is 9.47 Å². The minimum Gasteiger partial charge on any atom is -0.485 e. The van der Waals surface area contributed by atoms with E-state index in [1.54, 1.807) is 16.9 Å². The molecule has 0 spiro atoms. The van der Waals surface area contributed by atoms with E-state index in [9.17, 15) is 0 Å². The van der Waals surface area contributed by atoms with Crippen LogP contribution >= 0.6 is 11.3 Å². The topological polar surface area (TPSA) is 74.4 Å². The Morgan fingerprint density at radius 3 is 2.88 bits per heavy atom. The van der Waals surface area contributed by atoms with Crippen molar-refractivity contribution in [2.24, 2.45) is 0 Å². The zero-order valence-electron chi connectivity index (χ0n) is 12.4. The van der Waals surface area contributed by atoms with E-state index in [0.29, 0.717) is 23.1 Å². The molecule has 0 fully saturated rings. The van der Waals surface area contributed by atoms with Crippen molar-refractivity contribution >= 4 is 16.3 Å². The molecule has 1 aromatic carbocycles. The van der Waals surface area contributed by atoms with Crippen LogP contribution in [0.1, 0.15) is 11.9 Å². The van der Waals surface area contributed by atoms with Crippen molar-refractivity contribution in [3.63, 3.8) is 0 Å². The molecule has 5 rings (SSSR count). The third-order valence-electron chi connectivity index (χ3n) is 3.72. The summed E-state index contributed by atoms with van der Waals surface area (Å²) in [6.45, 7) is 0.373. The van der Waals surface area contributed by atoms with Gasteiger partial charge in [-0.05, 0) is 24.3 Å². The maximum Gasteiger partial charge on any atom is 0.235 e. The van der Waals surface area contributed by atoms with Gasteiger partial charge in [-0.3, -0.25) is 4.98 Å². The van der Waals surface area contributed by atoms with Crippen LogP contribution in [0, 0.1) is 0 Å². The molecule has 118 valence electrons.